The van der Waals surface area contributed by atoms with Crippen LogP contribution in [0.5, 0.6) is 5.75 Å². The van der Waals surface area contributed by atoms with E-state index in [-0.39, 0.29) is 11.3 Å². The van der Waals surface area contributed by atoms with Gasteiger partial charge >= 0.3 is 0 Å². The topological polar surface area (TPSA) is 182 Å². The van der Waals surface area contributed by atoms with Crippen LogP contribution in [-0.2, 0) is 9.59 Å². The number of ketones is 2. The summed E-state index contributed by atoms with van der Waals surface area (Å²) in [5, 5.41) is 55.0. The Morgan fingerprint density at radius 2 is 1.78 bits per heavy atom. The van der Waals surface area contributed by atoms with E-state index in [1.54, 1.807) is 19.1 Å². The molecule has 1 aromatic carbocycles. The van der Waals surface area contributed by atoms with E-state index in [1.807, 2.05) is 0 Å². The van der Waals surface area contributed by atoms with E-state index in [9.17, 15) is 39.9 Å². The van der Waals surface area contributed by atoms with E-state index in [0.29, 0.717) is 5.56 Å². The van der Waals surface area contributed by atoms with Gasteiger partial charge in [0, 0.05) is 11.5 Å². The Hall–Kier alpha value is -3.21. The molecular formula is C22H24N2O8. The van der Waals surface area contributed by atoms with Crippen molar-refractivity contribution in [3.05, 3.63) is 52.0 Å². The van der Waals surface area contributed by atoms with Crippen LogP contribution in [0.3, 0.4) is 0 Å². The number of phenolic OH excluding ortho intramolecular Hbond substituents is 1. The van der Waals surface area contributed by atoms with Gasteiger partial charge in [0.1, 0.15) is 22.8 Å². The SMILES string of the molecule is C[C@@H]1c2cccc(O)c2C(=O)C2=C(O)[C@]3(O)C(=O)C(C(N)=O)=C(O)[C@@H](N(C)C)[C@@H]3[C@@H](O)[C@@H]21. The standard InChI is InChI=1S/C22H24N2O8/c1-7-8-5-4-6-9(25)11(8)16(26)12-10(7)17(27)14-15(24(2)3)18(28)13(21(23)31)20(30)22(14,32)19(12)29/h4-7,10,14-15,17,25,27-29,32H,1-3H3,(H2,23,31)/t7-,10-,14-,15+,17+,22+/m1/s1. The first kappa shape index (κ1) is 22.0. The average molecular weight is 444 g/mol. The highest BCUT2D eigenvalue weighted by atomic mass is 16.4. The van der Waals surface area contributed by atoms with Gasteiger partial charge in [0.15, 0.2) is 11.4 Å². The summed E-state index contributed by atoms with van der Waals surface area (Å²) >= 11 is 0. The predicted octanol–water partition coefficient (Wildman–Crippen LogP) is -0.348. The minimum atomic E-state index is -2.89. The maximum Gasteiger partial charge on any atom is 0.255 e. The molecule has 170 valence electrons. The molecule has 10 nitrogen and oxygen atoms in total. The molecule has 0 bridgehead atoms. The highest BCUT2D eigenvalue weighted by molar-refractivity contribution is 6.25. The molecule has 1 aromatic rings. The molecule has 0 spiro atoms. The van der Waals surface area contributed by atoms with Crippen molar-refractivity contribution < 1.29 is 39.9 Å². The quantitative estimate of drug-likeness (QED) is 0.332. The molecule has 0 unspecified atom stereocenters. The van der Waals surface area contributed by atoms with Crippen molar-refractivity contribution in [1.82, 2.24) is 4.90 Å². The Labute approximate surface area is 182 Å². The number of amides is 1. The molecule has 4 rings (SSSR count). The zero-order chi connectivity index (χ0) is 23.9. The number of fused-ring (bicyclic) bond motifs is 3. The predicted molar refractivity (Wildman–Crippen MR) is 110 cm³/mol. The van der Waals surface area contributed by atoms with Crippen molar-refractivity contribution in [3.63, 3.8) is 0 Å². The summed E-state index contributed by atoms with van der Waals surface area (Å²) in [4.78, 5) is 39.8. The molecule has 1 amide bonds. The summed E-state index contributed by atoms with van der Waals surface area (Å²) < 4.78 is 0. The second kappa shape index (κ2) is 6.89. The highest BCUT2D eigenvalue weighted by Gasteiger charge is 2.67. The molecule has 0 saturated heterocycles. The third-order valence-corrected chi connectivity index (χ3v) is 7.00. The first-order valence-corrected chi connectivity index (χ1v) is 10.0. The minimum Gasteiger partial charge on any atom is -0.510 e. The summed E-state index contributed by atoms with van der Waals surface area (Å²) in [6.45, 7) is 1.68. The van der Waals surface area contributed by atoms with E-state index in [1.165, 1.54) is 25.1 Å². The van der Waals surface area contributed by atoms with E-state index in [2.05, 4.69) is 0 Å². The number of primary amides is 1. The van der Waals surface area contributed by atoms with Crippen molar-refractivity contribution in [3.8, 4) is 5.75 Å². The van der Waals surface area contributed by atoms with Gasteiger partial charge in [-0.3, -0.25) is 19.3 Å². The van der Waals surface area contributed by atoms with Crippen LogP contribution >= 0.6 is 0 Å². The van der Waals surface area contributed by atoms with Gasteiger partial charge in [-0.2, -0.15) is 0 Å². The van der Waals surface area contributed by atoms with Crippen molar-refractivity contribution in [2.24, 2.45) is 17.6 Å². The Balaban J connectivity index is 2.06. The Kier molecular flexibility index (Phi) is 4.74. The summed E-state index contributed by atoms with van der Waals surface area (Å²) in [7, 11) is 2.98. The summed E-state index contributed by atoms with van der Waals surface area (Å²) in [5.41, 5.74) is 1.36. The number of rotatable bonds is 2. The summed E-state index contributed by atoms with van der Waals surface area (Å²) in [6.07, 6.45) is -1.59. The van der Waals surface area contributed by atoms with Crippen molar-refractivity contribution in [2.45, 2.75) is 30.6 Å². The fraction of sp³-hybridized carbons (Fsp3) is 0.409. The number of aliphatic hydroxyl groups is 4. The van der Waals surface area contributed by atoms with Crippen LogP contribution in [0.15, 0.2) is 40.9 Å². The summed E-state index contributed by atoms with van der Waals surface area (Å²) in [5.74, 6) is -8.86. The maximum atomic E-state index is 13.3. The number of hydrogen-bond donors (Lipinski definition) is 6. The number of Topliss-reactive ketones (excluding diaryl/α,β-unsaturated/α-hetero) is 2. The molecule has 3 aliphatic carbocycles. The number of aromatic hydroxyl groups is 1. The Morgan fingerprint density at radius 3 is 2.34 bits per heavy atom. The third-order valence-electron chi connectivity index (χ3n) is 7.00. The lowest BCUT2D eigenvalue weighted by molar-refractivity contribution is -0.162. The molecule has 0 saturated carbocycles. The lowest BCUT2D eigenvalue weighted by Gasteiger charge is -2.53. The molecular weight excluding hydrogens is 420 g/mol. The van der Waals surface area contributed by atoms with Gasteiger partial charge in [-0.05, 0) is 31.6 Å². The van der Waals surface area contributed by atoms with Gasteiger partial charge in [-0.1, -0.05) is 19.1 Å². The van der Waals surface area contributed by atoms with E-state index in [0.717, 1.165) is 0 Å². The largest absolute Gasteiger partial charge is 0.510 e. The zero-order valence-electron chi connectivity index (χ0n) is 17.6. The van der Waals surface area contributed by atoms with Crippen LogP contribution in [0.4, 0.5) is 0 Å². The van der Waals surface area contributed by atoms with Crippen LogP contribution in [0.1, 0.15) is 28.8 Å². The van der Waals surface area contributed by atoms with Crippen LogP contribution < -0.4 is 5.73 Å². The number of benzene rings is 1. The number of nitrogens with two attached hydrogens (primary N) is 1. The highest BCUT2D eigenvalue weighted by Crippen LogP contribution is 2.55. The smallest absolute Gasteiger partial charge is 0.255 e. The average Bonchev–Trinajstić information content (AvgIpc) is 2.70. The molecule has 7 N–H and O–H groups in total. The van der Waals surface area contributed by atoms with Gasteiger partial charge < -0.3 is 31.3 Å². The second-order valence-corrected chi connectivity index (χ2v) is 8.79. The van der Waals surface area contributed by atoms with Gasteiger partial charge in [0.2, 0.25) is 5.78 Å². The lowest BCUT2D eigenvalue weighted by atomic mass is 9.55. The van der Waals surface area contributed by atoms with Gasteiger partial charge in [0.05, 0.1) is 23.6 Å². The Bertz CT molecular complexity index is 1140. The molecule has 10 heteroatoms. The van der Waals surface area contributed by atoms with Crippen molar-refractivity contribution in [2.75, 3.05) is 14.1 Å². The fourth-order valence-electron chi connectivity index (χ4n) is 5.58. The molecule has 0 aliphatic heterocycles. The number of carbonyl (C=O) groups is 3. The lowest BCUT2D eigenvalue weighted by Crippen LogP contribution is -2.68. The van der Waals surface area contributed by atoms with Crippen molar-refractivity contribution in [1.29, 1.82) is 0 Å². The van der Waals surface area contributed by atoms with Gasteiger partial charge in [0.25, 0.3) is 5.91 Å². The molecule has 0 radical (unpaired) electrons. The third kappa shape index (κ3) is 2.48. The normalized spacial score (nSPS) is 34.4. The molecule has 3 aliphatic rings. The number of carbonyl (C=O) groups excluding carboxylic acids is 3. The van der Waals surface area contributed by atoms with E-state index >= 15 is 0 Å². The number of likely N-dealkylation sites (N-methyl/N-ethyl adjacent to an activating group) is 1. The van der Waals surface area contributed by atoms with Gasteiger partial charge in [-0.25, -0.2) is 0 Å². The second-order valence-electron chi connectivity index (χ2n) is 8.79. The van der Waals surface area contributed by atoms with E-state index in [4.69, 9.17) is 5.73 Å². The molecule has 0 fully saturated rings. The number of hydrogen-bond acceptors (Lipinski definition) is 9. The molecule has 0 aromatic heterocycles. The molecule has 32 heavy (non-hydrogen) atoms. The zero-order valence-corrected chi connectivity index (χ0v) is 17.6. The van der Waals surface area contributed by atoms with E-state index < -0.39 is 75.6 Å². The van der Waals surface area contributed by atoms with Crippen LogP contribution in [0.2, 0.25) is 0 Å². The first-order valence-electron chi connectivity index (χ1n) is 10.0. The number of phenols is 1. The number of nitrogens with zero attached hydrogens (tertiary/aromatic N) is 1. The van der Waals surface area contributed by atoms with Crippen LogP contribution in [-0.4, -0.2) is 79.7 Å². The van der Waals surface area contributed by atoms with Crippen molar-refractivity contribution >= 4 is 17.5 Å². The number of aliphatic hydroxyl groups excluding tert-OH is 3. The Morgan fingerprint density at radius 1 is 1.16 bits per heavy atom. The molecule has 0 heterocycles. The maximum absolute atomic E-state index is 13.3. The monoisotopic (exact) mass is 444 g/mol. The first-order chi connectivity index (χ1) is 14.9. The van der Waals surface area contributed by atoms with Crippen LogP contribution in [0, 0.1) is 11.8 Å². The fourth-order valence-corrected chi connectivity index (χ4v) is 5.58. The molecule has 6 atom stereocenters. The summed E-state index contributed by atoms with van der Waals surface area (Å²) in [6, 6.07) is 3.17. The van der Waals surface area contributed by atoms with Crippen LogP contribution in [0.25, 0.3) is 0 Å². The van der Waals surface area contributed by atoms with Gasteiger partial charge in [-0.15, -0.1) is 0 Å². The minimum absolute atomic E-state index is 0.104.